The van der Waals surface area contributed by atoms with Gasteiger partial charge in [0.2, 0.25) is 0 Å². The Balaban J connectivity index is 2.43. The third kappa shape index (κ3) is 2.23. The maximum atomic E-state index is 5.17. The van der Waals surface area contributed by atoms with Gasteiger partial charge in [-0.05, 0) is 18.8 Å². The van der Waals surface area contributed by atoms with Crippen LogP contribution < -0.4 is 5.32 Å². The molecule has 1 N–H and O–H groups in total. The van der Waals surface area contributed by atoms with E-state index in [1.807, 2.05) is 0 Å². The highest BCUT2D eigenvalue weighted by Gasteiger charge is 2.43. The molecule has 13 heavy (non-hydrogen) atoms. The van der Waals surface area contributed by atoms with Crippen LogP contribution in [0.5, 0.6) is 0 Å². The standard InChI is InChI=1S/C11H23NO/c1-4-6-11(7-8-13-3)10(5-2)9-12-11/h10,12H,4-9H2,1-3H3. The van der Waals surface area contributed by atoms with Gasteiger partial charge in [-0.1, -0.05) is 26.7 Å². The van der Waals surface area contributed by atoms with Gasteiger partial charge in [0.15, 0.2) is 0 Å². The van der Waals surface area contributed by atoms with Gasteiger partial charge in [-0.3, -0.25) is 0 Å². The fraction of sp³-hybridized carbons (Fsp3) is 1.00. The smallest absolute Gasteiger partial charge is 0.0479 e. The SMILES string of the molecule is CCCC1(CCOC)NCC1CC. The molecule has 78 valence electrons. The molecule has 0 amide bonds. The lowest BCUT2D eigenvalue weighted by Gasteiger charge is -2.51. The van der Waals surface area contributed by atoms with Crippen molar-refractivity contribution >= 4 is 0 Å². The maximum Gasteiger partial charge on any atom is 0.0479 e. The molecule has 1 aliphatic rings. The van der Waals surface area contributed by atoms with E-state index in [-0.39, 0.29) is 0 Å². The van der Waals surface area contributed by atoms with E-state index in [0.29, 0.717) is 5.54 Å². The molecular weight excluding hydrogens is 162 g/mol. The van der Waals surface area contributed by atoms with E-state index in [1.165, 1.54) is 32.2 Å². The highest BCUT2D eigenvalue weighted by atomic mass is 16.5. The third-order valence-electron chi connectivity index (χ3n) is 3.42. The van der Waals surface area contributed by atoms with Crippen LogP contribution in [0.1, 0.15) is 39.5 Å². The fourth-order valence-corrected chi connectivity index (χ4v) is 2.51. The Morgan fingerprint density at radius 2 is 2.15 bits per heavy atom. The fourth-order valence-electron chi connectivity index (χ4n) is 2.51. The molecular formula is C11H23NO. The molecule has 0 spiro atoms. The van der Waals surface area contributed by atoms with Crippen molar-refractivity contribution in [3.8, 4) is 0 Å². The van der Waals surface area contributed by atoms with Gasteiger partial charge >= 0.3 is 0 Å². The van der Waals surface area contributed by atoms with E-state index >= 15 is 0 Å². The topological polar surface area (TPSA) is 21.3 Å². The number of rotatable bonds is 6. The molecule has 0 aliphatic carbocycles. The predicted molar refractivity (Wildman–Crippen MR) is 55.9 cm³/mol. The first-order valence-corrected chi connectivity index (χ1v) is 5.53. The Morgan fingerprint density at radius 3 is 2.54 bits per heavy atom. The average Bonchev–Trinajstić information content (AvgIpc) is 2.11. The summed E-state index contributed by atoms with van der Waals surface area (Å²) in [6, 6.07) is 0. The van der Waals surface area contributed by atoms with E-state index < -0.39 is 0 Å². The van der Waals surface area contributed by atoms with Gasteiger partial charge in [0.05, 0.1) is 0 Å². The largest absolute Gasteiger partial charge is 0.385 e. The van der Waals surface area contributed by atoms with E-state index in [2.05, 4.69) is 19.2 Å². The number of ether oxygens (including phenoxy) is 1. The molecule has 1 saturated heterocycles. The van der Waals surface area contributed by atoms with Crippen LogP contribution in [0.15, 0.2) is 0 Å². The molecule has 2 nitrogen and oxygen atoms in total. The molecule has 0 aromatic heterocycles. The Bertz CT molecular complexity index is 147. The zero-order valence-electron chi connectivity index (χ0n) is 9.23. The summed E-state index contributed by atoms with van der Waals surface area (Å²) < 4.78 is 5.17. The van der Waals surface area contributed by atoms with E-state index in [0.717, 1.165) is 12.5 Å². The zero-order chi connectivity index (χ0) is 9.73. The normalized spacial score (nSPS) is 33.0. The molecule has 0 aromatic rings. The lowest BCUT2D eigenvalue weighted by molar-refractivity contribution is 0.0445. The third-order valence-corrected chi connectivity index (χ3v) is 3.42. The highest BCUT2D eigenvalue weighted by molar-refractivity contribution is 5.02. The van der Waals surface area contributed by atoms with E-state index in [9.17, 15) is 0 Å². The molecule has 2 atom stereocenters. The summed E-state index contributed by atoms with van der Waals surface area (Å²) in [5.41, 5.74) is 0.416. The van der Waals surface area contributed by atoms with Crippen molar-refractivity contribution in [1.29, 1.82) is 0 Å². The van der Waals surface area contributed by atoms with Crippen LogP contribution in [0, 0.1) is 5.92 Å². The van der Waals surface area contributed by atoms with Crippen LogP contribution in [0.4, 0.5) is 0 Å². The number of hydrogen-bond donors (Lipinski definition) is 1. The van der Waals surface area contributed by atoms with Crippen molar-refractivity contribution < 1.29 is 4.74 Å². The summed E-state index contributed by atoms with van der Waals surface area (Å²) in [6.45, 7) is 6.66. The van der Waals surface area contributed by atoms with Crippen LogP contribution >= 0.6 is 0 Å². The predicted octanol–water partition coefficient (Wildman–Crippen LogP) is 2.19. The van der Waals surface area contributed by atoms with Gasteiger partial charge < -0.3 is 10.1 Å². The summed E-state index contributed by atoms with van der Waals surface area (Å²) in [5.74, 6) is 0.877. The van der Waals surface area contributed by atoms with Gasteiger partial charge in [-0.2, -0.15) is 0 Å². The van der Waals surface area contributed by atoms with Gasteiger partial charge in [0, 0.05) is 25.8 Å². The molecule has 0 bridgehead atoms. The molecule has 1 heterocycles. The van der Waals surface area contributed by atoms with Crippen molar-refractivity contribution in [3.05, 3.63) is 0 Å². The van der Waals surface area contributed by atoms with Gasteiger partial charge in [-0.15, -0.1) is 0 Å². The van der Waals surface area contributed by atoms with Crippen molar-refractivity contribution in [2.45, 2.75) is 45.1 Å². The molecule has 0 radical (unpaired) electrons. The van der Waals surface area contributed by atoms with Gasteiger partial charge in [0.1, 0.15) is 0 Å². The second-order valence-electron chi connectivity index (χ2n) is 4.14. The number of methoxy groups -OCH3 is 1. The summed E-state index contributed by atoms with van der Waals surface area (Å²) in [6.07, 6.45) is 5.05. The molecule has 2 unspecified atom stereocenters. The number of nitrogens with one attached hydrogen (secondary N) is 1. The van der Waals surface area contributed by atoms with Crippen LogP contribution in [-0.2, 0) is 4.74 Å². The maximum absolute atomic E-state index is 5.17. The quantitative estimate of drug-likeness (QED) is 0.685. The van der Waals surface area contributed by atoms with Crippen LogP contribution in [-0.4, -0.2) is 25.8 Å². The van der Waals surface area contributed by atoms with Gasteiger partial charge in [-0.25, -0.2) is 0 Å². The van der Waals surface area contributed by atoms with Crippen molar-refractivity contribution in [1.82, 2.24) is 5.32 Å². The zero-order valence-corrected chi connectivity index (χ0v) is 9.23. The second-order valence-corrected chi connectivity index (χ2v) is 4.14. The molecule has 1 rings (SSSR count). The van der Waals surface area contributed by atoms with E-state index in [4.69, 9.17) is 4.74 Å². The van der Waals surface area contributed by atoms with E-state index in [1.54, 1.807) is 7.11 Å². The monoisotopic (exact) mass is 185 g/mol. The van der Waals surface area contributed by atoms with Crippen molar-refractivity contribution in [2.24, 2.45) is 5.92 Å². The highest BCUT2D eigenvalue weighted by Crippen LogP contribution is 2.36. The lowest BCUT2D eigenvalue weighted by atomic mass is 9.70. The minimum absolute atomic E-state index is 0.416. The molecule has 0 aromatic carbocycles. The Labute approximate surface area is 82.0 Å². The summed E-state index contributed by atoms with van der Waals surface area (Å²) in [5, 5.41) is 3.62. The first-order chi connectivity index (χ1) is 6.29. The van der Waals surface area contributed by atoms with Crippen LogP contribution in [0.3, 0.4) is 0 Å². The van der Waals surface area contributed by atoms with Crippen LogP contribution in [0.2, 0.25) is 0 Å². The first kappa shape index (κ1) is 11.0. The second kappa shape index (κ2) is 4.97. The average molecular weight is 185 g/mol. The summed E-state index contributed by atoms with van der Waals surface area (Å²) in [4.78, 5) is 0. The Kier molecular flexibility index (Phi) is 4.20. The summed E-state index contributed by atoms with van der Waals surface area (Å²) >= 11 is 0. The molecule has 1 fully saturated rings. The Hall–Kier alpha value is -0.0800. The van der Waals surface area contributed by atoms with Gasteiger partial charge in [0.25, 0.3) is 0 Å². The summed E-state index contributed by atoms with van der Waals surface area (Å²) in [7, 11) is 1.79. The minimum atomic E-state index is 0.416. The minimum Gasteiger partial charge on any atom is -0.385 e. The van der Waals surface area contributed by atoms with Crippen molar-refractivity contribution in [3.63, 3.8) is 0 Å². The molecule has 0 saturated carbocycles. The first-order valence-electron chi connectivity index (χ1n) is 5.53. The van der Waals surface area contributed by atoms with Crippen molar-refractivity contribution in [2.75, 3.05) is 20.3 Å². The number of hydrogen-bond acceptors (Lipinski definition) is 2. The molecule has 2 heteroatoms. The lowest BCUT2D eigenvalue weighted by Crippen LogP contribution is -2.65. The molecule has 1 aliphatic heterocycles. The van der Waals surface area contributed by atoms with Crippen LogP contribution in [0.25, 0.3) is 0 Å². The Morgan fingerprint density at radius 1 is 1.38 bits per heavy atom.